The van der Waals surface area contributed by atoms with Crippen LogP contribution in [0.4, 0.5) is 19.2 Å². The predicted octanol–water partition coefficient (Wildman–Crippen LogP) is 9.43. The maximum Gasteiger partial charge on any atom is 0.408 e. The topological polar surface area (TPSA) is 465 Å². The van der Waals surface area contributed by atoms with Crippen LogP contribution in [0.25, 0.3) is 0 Å². The Morgan fingerprint density at radius 3 is 1.21 bits per heavy atom. The Labute approximate surface area is 726 Å². The van der Waals surface area contributed by atoms with E-state index >= 15 is 9.59 Å². The number of aliphatic hydroxyl groups is 5. The van der Waals surface area contributed by atoms with Crippen molar-refractivity contribution < 1.29 is 140 Å². The van der Waals surface area contributed by atoms with Gasteiger partial charge >= 0.3 is 60.2 Å². The number of carbonyl (C=O) groups excluding carboxylic acids is 12. The highest BCUT2D eigenvalue weighted by molar-refractivity contribution is 7.10. The predicted molar refractivity (Wildman–Crippen MR) is 442 cm³/mol. The Hall–Kier alpha value is -9.72. The number of alkyl carbamates (subject to hydrolysis) is 4. The van der Waals surface area contributed by atoms with Gasteiger partial charge in [-0.15, -0.1) is 22.7 Å². The molecule has 8 aliphatic rings. The number of thiophene rings is 2. The van der Waals surface area contributed by atoms with Crippen LogP contribution in [0.15, 0.2) is 118 Å². The number of benzene rings is 2. The van der Waals surface area contributed by atoms with Gasteiger partial charge in [0.25, 0.3) is 0 Å². The molecule has 6 fully saturated rings. The molecular formula is C89H114N4O29S2. The van der Waals surface area contributed by atoms with Crippen molar-refractivity contribution in [1.29, 1.82) is 0 Å². The molecule has 2 unspecified atom stereocenters. The zero-order chi connectivity index (χ0) is 91.5. The van der Waals surface area contributed by atoms with Gasteiger partial charge in [0, 0.05) is 73.2 Å². The van der Waals surface area contributed by atoms with Crippen LogP contribution in [-0.2, 0) is 85.6 Å². The zero-order valence-corrected chi connectivity index (χ0v) is 74.6. The minimum absolute atomic E-state index is 0.0300. The fourth-order valence-electron chi connectivity index (χ4n) is 19.6. The highest BCUT2D eigenvalue weighted by atomic mass is 32.1. The average molecular weight is 1770 g/mol. The molecule has 0 radical (unpaired) electrons. The van der Waals surface area contributed by atoms with E-state index in [1.165, 1.54) is 63.3 Å². The molecule has 12 rings (SSSR count). The van der Waals surface area contributed by atoms with Crippen molar-refractivity contribution in [1.82, 2.24) is 21.3 Å². The van der Waals surface area contributed by atoms with Crippen LogP contribution in [0, 0.1) is 39.4 Å². The summed E-state index contributed by atoms with van der Waals surface area (Å²) in [4.78, 5) is 169. The van der Waals surface area contributed by atoms with Gasteiger partial charge in [-0.1, -0.05) is 76.2 Å². The monoisotopic (exact) mass is 1770 g/mol. The van der Waals surface area contributed by atoms with Gasteiger partial charge in [-0.3, -0.25) is 24.0 Å². The Balaban J connectivity index is 0.000000241. The quantitative estimate of drug-likeness (QED) is 0.0226. The summed E-state index contributed by atoms with van der Waals surface area (Å²) < 4.78 is 72.1. The highest BCUT2D eigenvalue weighted by Crippen LogP contribution is 2.67. The lowest BCUT2D eigenvalue weighted by molar-refractivity contribution is -0.345. The first-order valence-corrected chi connectivity index (χ1v) is 43.1. The van der Waals surface area contributed by atoms with Crippen LogP contribution in [0.1, 0.15) is 200 Å². The lowest BCUT2D eigenvalue weighted by Crippen LogP contribution is -2.82. The van der Waals surface area contributed by atoms with Crippen LogP contribution in [0.3, 0.4) is 0 Å². The van der Waals surface area contributed by atoms with E-state index in [2.05, 4.69) is 21.3 Å². The fraction of sp³-hybridized carbons (Fsp3) is 0.596. The van der Waals surface area contributed by atoms with Gasteiger partial charge in [-0.25, -0.2) is 33.6 Å². The fourth-order valence-corrected chi connectivity index (χ4v) is 21.3. The van der Waals surface area contributed by atoms with Crippen LogP contribution in [-0.4, -0.2) is 224 Å². The second-order valence-corrected chi connectivity index (χ2v) is 38.5. The molecule has 6 aliphatic carbocycles. The number of hydrogen-bond donors (Lipinski definition) is 9. The minimum Gasteiger partial charge on any atom is -0.457 e. The molecule has 33 nitrogen and oxygen atoms in total. The Bertz CT molecular complexity index is 4490. The number of nitrogens with one attached hydrogen (secondary N) is 4. The van der Waals surface area contributed by atoms with Crippen molar-refractivity contribution in [3.8, 4) is 0 Å². The number of esters is 6. The number of carbonyl (C=O) groups is 12. The summed E-state index contributed by atoms with van der Waals surface area (Å²) in [7, 11) is 0. The molecule has 35 heteroatoms. The lowest BCUT2D eigenvalue weighted by atomic mass is 9.44. The first-order chi connectivity index (χ1) is 57.8. The van der Waals surface area contributed by atoms with Gasteiger partial charge in [-0.2, -0.15) is 0 Å². The third-order valence-corrected chi connectivity index (χ3v) is 27.8. The molecule has 22 atom stereocenters. The Morgan fingerprint density at radius 2 is 0.879 bits per heavy atom. The summed E-state index contributed by atoms with van der Waals surface area (Å²) in [5.74, 6) is -11.3. The molecule has 2 saturated heterocycles. The molecule has 4 bridgehead atoms. The number of ether oxygens (including phenoxy) is 12. The second-order valence-electron chi connectivity index (χ2n) is 36.5. The first-order valence-electron chi connectivity index (χ1n) is 41.4. The Kier molecular flexibility index (Phi) is 27.3. The van der Waals surface area contributed by atoms with Crippen molar-refractivity contribution in [2.75, 3.05) is 26.3 Å². The van der Waals surface area contributed by atoms with Crippen molar-refractivity contribution in [3.05, 3.63) is 139 Å². The van der Waals surface area contributed by atoms with Crippen LogP contribution < -0.4 is 21.3 Å². The maximum atomic E-state index is 15.6. The summed E-state index contributed by atoms with van der Waals surface area (Å²) >= 11 is 2.44. The van der Waals surface area contributed by atoms with Crippen molar-refractivity contribution in [2.45, 2.75) is 270 Å². The molecule has 2 aromatic carbocycles. The summed E-state index contributed by atoms with van der Waals surface area (Å²) in [5, 5.41) is 77.2. The molecule has 4 amide bonds. The highest BCUT2D eigenvalue weighted by Gasteiger charge is 2.81. The maximum absolute atomic E-state index is 15.6. The van der Waals surface area contributed by atoms with E-state index in [0.29, 0.717) is 9.75 Å². The zero-order valence-electron chi connectivity index (χ0n) is 73.0. The number of amides is 4. The van der Waals surface area contributed by atoms with Crippen LogP contribution in [0.2, 0.25) is 0 Å². The molecular weight excluding hydrogens is 1650 g/mol. The molecule has 4 saturated carbocycles. The molecule has 9 N–H and O–H groups in total. The SMILES string of the molecule is CCNC(=O)O[C@H]1C(=O)[C@@]2(C)C([C@H](OC(=O)c3ccccc3)[C@]3(O)C[C@H](OC(=O)[C@H](C)[C@@H](NC(=O)OC(C)(C)C)c4cccs4)C(C)=C1C3(C)C)[C@]1(OC(C)=O)CO[C@@H]1C[C@@H]2O.CCNC(=O)O[C@H]1C(=O)[C@@]2(C)C([C@H](OC(=O)c3ccccc3)[C@]3(O)C[C@H](OC(=O)[C@H](O)[C@@H](NC(=O)OC(C)(C)C)c4cccs4)C(C)=C1C3(C)C)[C@]1(OC(C)=O)CO[C@@H]1C[C@@H]2O. The third-order valence-electron chi connectivity index (χ3n) is 25.9. The molecule has 0 spiro atoms. The largest absolute Gasteiger partial charge is 0.457 e. The van der Waals surface area contributed by atoms with E-state index in [0.717, 1.165) is 18.3 Å². The van der Waals surface area contributed by atoms with E-state index in [-0.39, 0.29) is 72.6 Å². The van der Waals surface area contributed by atoms with Crippen molar-refractivity contribution in [3.63, 3.8) is 0 Å². The van der Waals surface area contributed by atoms with E-state index in [1.807, 2.05) is 0 Å². The summed E-state index contributed by atoms with van der Waals surface area (Å²) in [6.45, 7) is 29.1. The van der Waals surface area contributed by atoms with Gasteiger partial charge in [0.05, 0.1) is 71.2 Å². The molecule has 676 valence electrons. The van der Waals surface area contributed by atoms with Gasteiger partial charge in [0.1, 0.15) is 65.1 Å². The lowest BCUT2D eigenvalue weighted by Gasteiger charge is -2.67. The molecule has 4 aromatic rings. The van der Waals surface area contributed by atoms with Crippen molar-refractivity contribution >= 4 is 94.4 Å². The van der Waals surface area contributed by atoms with Crippen LogP contribution in [0.5, 0.6) is 0 Å². The summed E-state index contributed by atoms with van der Waals surface area (Å²) in [5.41, 5.74) is -16.9. The van der Waals surface area contributed by atoms with E-state index in [9.17, 15) is 73.5 Å². The normalized spacial score (nSPS) is 32.2. The van der Waals surface area contributed by atoms with E-state index < -0.39 is 237 Å². The molecule has 2 aliphatic heterocycles. The van der Waals surface area contributed by atoms with E-state index in [1.54, 1.807) is 168 Å². The van der Waals surface area contributed by atoms with Gasteiger partial charge < -0.3 is 104 Å². The first kappa shape index (κ1) is 94.9. The minimum atomic E-state index is -2.41. The van der Waals surface area contributed by atoms with E-state index in [4.69, 9.17) is 56.8 Å². The number of ketones is 2. The smallest absolute Gasteiger partial charge is 0.408 e. The summed E-state index contributed by atoms with van der Waals surface area (Å²) in [6, 6.07) is 20.2. The Morgan fingerprint density at radius 1 is 0.516 bits per heavy atom. The number of hydrogen-bond acceptors (Lipinski definition) is 31. The van der Waals surface area contributed by atoms with Gasteiger partial charge in [-0.05, 0) is 159 Å². The average Bonchev–Trinajstić information content (AvgIpc) is 0.729. The molecule has 4 heterocycles. The van der Waals surface area contributed by atoms with Crippen molar-refractivity contribution in [2.24, 2.45) is 39.4 Å². The summed E-state index contributed by atoms with van der Waals surface area (Å²) in [6.07, 6.45) is -22.5. The number of rotatable bonds is 20. The second kappa shape index (κ2) is 35.6. The third kappa shape index (κ3) is 17.4. The van der Waals surface area contributed by atoms with Crippen LogP contribution >= 0.6 is 22.7 Å². The van der Waals surface area contributed by atoms with Gasteiger partial charge in [0.15, 0.2) is 41.1 Å². The van der Waals surface area contributed by atoms with Gasteiger partial charge in [0.2, 0.25) is 0 Å². The molecule has 2 aromatic heterocycles. The number of Topliss-reactive ketones (excluding diaryl/α,β-unsaturated/α-hetero) is 2. The standard InChI is InChI=1S/C45H58N2O14S.C44H56N2O15S/c1-11-46-39(53)58-33-31-23(2)27(57-37(51)24(3)32(28-18-15-19-62-28)47-40(54)61-41(5,6)7)21-45(55,42(31,8)9)36(59-38(52)26-16-13-12-14-17-26)34-43(10,35(33)50)29(49)20-30-44(34,22-56-30)60-25(4)48;1-10-45-38(53)58-32-29-22(2)25(57-37(52)31(49)30(26-17-14-18-62-26)46-39(54)61-40(4,5)6)20-44(55,41(29,7)8)35(59-36(51)24-15-12-11-13-16-24)33-42(9,34(32)50)27(48)19-28-43(33,21-56-28)60-23(3)47/h12-19,24,27,29-30,32-34,36,49,55H,11,20-22H2,1-10H3,(H,46,53)(H,47,54);11-18,25,27-28,30-33,35,48-49,55H,10,19-21H2,1-9H3,(H,45,53)(H,46,54)/t24-,27+,29+,30-,32-,33-,34?,36+,43-,44+,45-;25-,27-,28+,30-,31+,32+,33?,35-,42+,43-,44+/m10/s1. The number of aliphatic hydroxyl groups excluding tert-OH is 3. The number of fused-ring (bicyclic) bond motifs is 10. The molecule has 124 heavy (non-hydrogen) atoms.